The molecule has 0 aliphatic carbocycles. The lowest BCUT2D eigenvalue weighted by Crippen LogP contribution is -2.09. The number of halogens is 2. The van der Waals surface area contributed by atoms with Crippen LogP contribution in [-0.2, 0) is 0 Å². The minimum absolute atomic E-state index is 0.00221. The Balaban J connectivity index is 2.33. The van der Waals surface area contributed by atoms with E-state index in [1.54, 1.807) is 13.0 Å². The summed E-state index contributed by atoms with van der Waals surface area (Å²) in [5.41, 5.74) is 2.55. The lowest BCUT2D eigenvalue weighted by atomic mass is 10.1. The first-order valence-corrected chi connectivity index (χ1v) is 7.03. The molecule has 0 spiro atoms. The van der Waals surface area contributed by atoms with Crippen LogP contribution < -0.4 is 5.32 Å². The highest BCUT2D eigenvalue weighted by atomic mass is 79.9. The highest BCUT2D eigenvalue weighted by Gasteiger charge is 2.12. The molecule has 2 rings (SSSR count). The van der Waals surface area contributed by atoms with Crippen molar-refractivity contribution in [2.24, 2.45) is 0 Å². The van der Waals surface area contributed by atoms with E-state index in [2.05, 4.69) is 21.2 Å². The van der Waals surface area contributed by atoms with Crippen LogP contribution in [0.15, 0.2) is 40.9 Å². The van der Waals surface area contributed by atoms with Gasteiger partial charge in [-0.3, -0.25) is 0 Å². The quantitative estimate of drug-likeness (QED) is 0.863. The predicted molar refractivity (Wildman–Crippen MR) is 82.0 cm³/mol. The van der Waals surface area contributed by atoms with Crippen molar-refractivity contribution in [3.8, 4) is 6.07 Å². The minimum Gasteiger partial charge on any atom is -0.378 e. The number of nitrogens with zero attached hydrogens (tertiary/aromatic N) is 1. The summed E-state index contributed by atoms with van der Waals surface area (Å²) < 4.78 is 14.8. The van der Waals surface area contributed by atoms with Gasteiger partial charge in [0, 0.05) is 21.8 Å². The van der Waals surface area contributed by atoms with Gasteiger partial charge < -0.3 is 5.32 Å². The minimum atomic E-state index is -0.370. The molecule has 0 fully saturated rings. The van der Waals surface area contributed by atoms with Gasteiger partial charge >= 0.3 is 0 Å². The lowest BCUT2D eigenvalue weighted by Gasteiger charge is -2.19. The summed E-state index contributed by atoms with van der Waals surface area (Å²) in [6.07, 6.45) is 0. The molecule has 102 valence electrons. The first-order chi connectivity index (χ1) is 9.52. The molecule has 0 amide bonds. The van der Waals surface area contributed by atoms with E-state index < -0.39 is 0 Å². The van der Waals surface area contributed by atoms with E-state index in [0.29, 0.717) is 16.8 Å². The first kappa shape index (κ1) is 14.5. The highest BCUT2D eigenvalue weighted by molar-refractivity contribution is 9.10. The summed E-state index contributed by atoms with van der Waals surface area (Å²) in [5, 5.41) is 12.2. The van der Waals surface area contributed by atoms with Gasteiger partial charge in [-0.1, -0.05) is 34.1 Å². The Bertz CT molecular complexity index is 677. The maximum atomic E-state index is 13.8. The topological polar surface area (TPSA) is 35.8 Å². The summed E-state index contributed by atoms with van der Waals surface area (Å²) in [5.74, 6) is -0.370. The van der Waals surface area contributed by atoms with E-state index in [-0.39, 0.29) is 11.9 Å². The van der Waals surface area contributed by atoms with Gasteiger partial charge in [0.15, 0.2) is 0 Å². The van der Waals surface area contributed by atoms with Crippen molar-refractivity contribution < 1.29 is 4.39 Å². The maximum Gasteiger partial charge on any atom is 0.129 e. The Morgan fingerprint density at radius 2 is 2.00 bits per heavy atom. The average Bonchev–Trinajstić information content (AvgIpc) is 2.43. The molecular weight excluding hydrogens is 319 g/mol. The van der Waals surface area contributed by atoms with Crippen LogP contribution in [0.4, 0.5) is 10.1 Å². The Morgan fingerprint density at radius 1 is 1.30 bits per heavy atom. The fourth-order valence-corrected chi connectivity index (χ4v) is 2.66. The van der Waals surface area contributed by atoms with Gasteiger partial charge in [-0.15, -0.1) is 0 Å². The Kier molecular flexibility index (Phi) is 4.41. The summed E-state index contributed by atoms with van der Waals surface area (Å²) in [7, 11) is 0. The summed E-state index contributed by atoms with van der Waals surface area (Å²) in [4.78, 5) is 0. The molecule has 1 unspecified atom stereocenters. The third-order valence-corrected chi connectivity index (χ3v) is 3.94. The maximum absolute atomic E-state index is 13.8. The molecule has 0 aliphatic rings. The van der Waals surface area contributed by atoms with Crippen molar-refractivity contribution in [2.75, 3.05) is 5.32 Å². The van der Waals surface area contributed by atoms with E-state index in [1.807, 2.05) is 37.3 Å². The number of nitriles is 1. The van der Waals surface area contributed by atoms with Gasteiger partial charge in [-0.2, -0.15) is 5.26 Å². The highest BCUT2D eigenvalue weighted by Crippen LogP contribution is 2.28. The number of hydrogen-bond donors (Lipinski definition) is 1. The van der Waals surface area contributed by atoms with Crippen LogP contribution in [-0.4, -0.2) is 0 Å². The van der Waals surface area contributed by atoms with Crippen LogP contribution in [0.3, 0.4) is 0 Å². The number of rotatable bonds is 3. The monoisotopic (exact) mass is 332 g/mol. The SMILES string of the molecule is Cc1c(F)cc(C#N)cc1NC(C)c1ccccc1Br. The van der Waals surface area contributed by atoms with E-state index in [1.165, 1.54) is 6.07 Å². The Labute approximate surface area is 126 Å². The summed E-state index contributed by atoms with van der Waals surface area (Å²) in [6, 6.07) is 12.8. The predicted octanol–water partition coefficient (Wildman–Crippen LogP) is 4.94. The zero-order chi connectivity index (χ0) is 14.7. The van der Waals surface area contributed by atoms with Crippen LogP contribution in [0.2, 0.25) is 0 Å². The first-order valence-electron chi connectivity index (χ1n) is 6.24. The van der Waals surface area contributed by atoms with Gasteiger partial charge in [0.1, 0.15) is 5.82 Å². The van der Waals surface area contributed by atoms with Crippen molar-refractivity contribution >= 4 is 21.6 Å². The van der Waals surface area contributed by atoms with Crippen molar-refractivity contribution in [1.29, 1.82) is 5.26 Å². The Morgan fingerprint density at radius 3 is 2.65 bits per heavy atom. The molecular formula is C16H14BrFN2. The average molecular weight is 333 g/mol. The molecule has 2 nitrogen and oxygen atoms in total. The molecule has 0 bridgehead atoms. The standard InChI is InChI=1S/C16H14BrFN2/c1-10-15(18)7-12(9-19)8-16(10)20-11(2)13-5-3-4-6-14(13)17/h3-8,11,20H,1-2H3. The fraction of sp³-hybridized carbons (Fsp3) is 0.188. The second kappa shape index (κ2) is 6.06. The van der Waals surface area contributed by atoms with Crippen LogP contribution in [0.1, 0.15) is 29.7 Å². The number of anilines is 1. The molecule has 0 aliphatic heterocycles. The number of hydrogen-bond acceptors (Lipinski definition) is 2. The molecule has 0 radical (unpaired) electrons. The normalized spacial score (nSPS) is 11.8. The van der Waals surface area contributed by atoms with Crippen molar-refractivity contribution in [2.45, 2.75) is 19.9 Å². The van der Waals surface area contributed by atoms with Gasteiger partial charge in [0.05, 0.1) is 11.6 Å². The zero-order valence-electron chi connectivity index (χ0n) is 11.2. The van der Waals surface area contributed by atoms with E-state index in [4.69, 9.17) is 5.26 Å². The zero-order valence-corrected chi connectivity index (χ0v) is 12.8. The van der Waals surface area contributed by atoms with Crippen LogP contribution in [0, 0.1) is 24.1 Å². The molecule has 4 heteroatoms. The van der Waals surface area contributed by atoms with E-state index >= 15 is 0 Å². The summed E-state index contributed by atoms with van der Waals surface area (Å²) in [6.45, 7) is 3.70. The number of benzene rings is 2. The Hall–Kier alpha value is -1.86. The second-order valence-electron chi connectivity index (χ2n) is 4.63. The largest absolute Gasteiger partial charge is 0.378 e. The van der Waals surface area contributed by atoms with Gasteiger partial charge in [0.25, 0.3) is 0 Å². The van der Waals surface area contributed by atoms with Crippen molar-refractivity contribution in [3.05, 3.63) is 63.4 Å². The molecule has 20 heavy (non-hydrogen) atoms. The second-order valence-corrected chi connectivity index (χ2v) is 5.48. The number of nitrogens with one attached hydrogen (secondary N) is 1. The summed E-state index contributed by atoms with van der Waals surface area (Å²) >= 11 is 3.50. The smallest absolute Gasteiger partial charge is 0.129 e. The fourth-order valence-electron chi connectivity index (χ4n) is 2.03. The molecule has 1 N–H and O–H groups in total. The molecule has 0 saturated carbocycles. The van der Waals surface area contributed by atoms with Crippen LogP contribution in [0.25, 0.3) is 0 Å². The van der Waals surface area contributed by atoms with Crippen molar-refractivity contribution in [3.63, 3.8) is 0 Å². The third kappa shape index (κ3) is 3.00. The third-order valence-electron chi connectivity index (χ3n) is 3.22. The van der Waals surface area contributed by atoms with Gasteiger partial charge in [-0.25, -0.2) is 4.39 Å². The van der Waals surface area contributed by atoms with Crippen LogP contribution in [0.5, 0.6) is 0 Å². The van der Waals surface area contributed by atoms with E-state index in [9.17, 15) is 4.39 Å². The molecule has 0 heterocycles. The van der Waals surface area contributed by atoms with E-state index in [0.717, 1.165) is 10.0 Å². The molecule has 0 saturated heterocycles. The molecule has 0 aromatic heterocycles. The molecule has 1 atom stereocenters. The van der Waals surface area contributed by atoms with Gasteiger partial charge in [0.2, 0.25) is 0 Å². The van der Waals surface area contributed by atoms with Crippen molar-refractivity contribution in [1.82, 2.24) is 0 Å². The lowest BCUT2D eigenvalue weighted by molar-refractivity contribution is 0.618. The molecule has 2 aromatic carbocycles. The van der Waals surface area contributed by atoms with Gasteiger partial charge in [-0.05, 0) is 37.6 Å². The van der Waals surface area contributed by atoms with Crippen LogP contribution >= 0.6 is 15.9 Å². The molecule has 2 aromatic rings.